The highest BCUT2D eigenvalue weighted by Gasteiger charge is 2.23. The molecule has 1 aliphatic rings. The van der Waals surface area contributed by atoms with Crippen LogP contribution in [-0.4, -0.2) is 36.1 Å². The maximum absolute atomic E-state index is 6.27. The van der Waals surface area contributed by atoms with Crippen molar-refractivity contribution in [3.63, 3.8) is 0 Å². The molecule has 3 rings (SSSR count). The monoisotopic (exact) mass is 302 g/mol. The zero-order valence-electron chi connectivity index (χ0n) is 11.9. The summed E-state index contributed by atoms with van der Waals surface area (Å²) in [6.07, 6.45) is 4.81. The van der Waals surface area contributed by atoms with Gasteiger partial charge in [0.1, 0.15) is 0 Å². The van der Waals surface area contributed by atoms with Gasteiger partial charge >= 0.3 is 0 Å². The molecule has 0 aliphatic carbocycles. The lowest BCUT2D eigenvalue weighted by molar-refractivity contribution is -0.0295. The molecule has 110 valence electrons. The number of hydrogen-bond donors (Lipinski definition) is 0. The largest absolute Gasteiger partial charge is 0.371 e. The molecule has 0 N–H and O–H groups in total. The summed E-state index contributed by atoms with van der Waals surface area (Å²) in [6.45, 7) is 3.67. The number of morpholine rings is 1. The van der Waals surface area contributed by atoms with Crippen molar-refractivity contribution in [2.45, 2.75) is 12.5 Å². The maximum Gasteiger partial charge on any atom is 0.0966 e. The Balaban J connectivity index is 1.60. The minimum Gasteiger partial charge on any atom is -0.371 e. The zero-order chi connectivity index (χ0) is 14.5. The topological polar surface area (TPSA) is 25.4 Å². The number of rotatable bonds is 4. The molecule has 1 aromatic carbocycles. The third-order valence-electron chi connectivity index (χ3n) is 3.87. The van der Waals surface area contributed by atoms with Gasteiger partial charge in [-0.3, -0.25) is 9.88 Å². The van der Waals surface area contributed by atoms with Crippen LogP contribution >= 0.6 is 11.6 Å². The summed E-state index contributed by atoms with van der Waals surface area (Å²) < 4.78 is 5.89. The van der Waals surface area contributed by atoms with E-state index in [9.17, 15) is 0 Å². The van der Waals surface area contributed by atoms with Crippen molar-refractivity contribution in [1.82, 2.24) is 9.88 Å². The second-order valence-electron chi connectivity index (χ2n) is 5.29. The normalized spacial score (nSPS) is 19.6. The lowest BCUT2D eigenvalue weighted by Crippen LogP contribution is -2.39. The molecule has 0 saturated carbocycles. The van der Waals surface area contributed by atoms with Gasteiger partial charge in [0, 0.05) is 42.6 Å². The fraction of sp³-hybridized carbons (Fsp3) is 0.353. The van der Waals surface area contributed by atoms with Crippen LogP contribution in [0.5, 0.6) is 0 Å². The van der Waals surface area contributed by atoms with Gasteiger partial charge in [-0.2, -0.15) is 0 Å². The average molecular weight is 303 g/mol. The first-order valence-corrected chi connectivity index (χ1v) is 7.68. The molecule has 0 radical (unpaired) electrons. The Bertz CT molecular complexity index is 576. The smallest absolute Gasteiger partial charge is 0.0966 e. The van der Waals surface area contributed by atoms with E-state index in [2.05, 4.69) is 28.1 Å². The van der Waals surface area contributed by atoms with Crippen molar-refractivity contribution in [3.05, 3.63) is 64.9 Å². The van der Waals surface area contributed by atoms with Gasteiger partial charge in [0.25, 0.3) is 0 Å². The van der Waals surface area contributed by atoms with Crippen LogP contribution in [0.15, 0.2) is 48.8 Å². The second-order valence-corrected chi connectivity index (χ2v) is 5.69. The van der Waals surface area contributed by atoms with Crippen molar-refractivity contribution in [1.29, 1.82) is 0 Å². The lowest BCUT2D eigenvalue weighted by Gasteiger charge is -2.33. The Kier molecular flexibility index (Phi) is 4.86. The number of pyridine rings is 1. The summed E-state index contributed by atoms with van der Waals surface area (Å²) in [6, 6.07) is 12.1. The molecule has 21 heavy (non-hydrogen) atoms. The Morgan fingerprint density at radius 3 is 2.81 bits per heavy atom. The maximum atomic E-state index is 6.27. The van der Waals surface area contributed by atoms with Crippen molar-refractivity contribution >= 4 is 11.6 Å². The Morgan fingerprint density at radius 2 is 2.00 bits per heavy atom. The highest BCUT2D eigenvalue weighted by Crippen LogP contribution is 2.28. The van der Waals surface area contributed by atoms with E-state index >= 15 is 0 Å². The summed E-state index contributed by atoms with van der Waals surface area (Å²) >= 11 is 6.27. The van der Waals surface area contributed by atoms with Gasteiger partial charge in [0.2, 0.25) is 0 Å². The molecule has 0 amide bonds. The molecule has 0 bridgehead atoms. The number of nitrogens with zero attached hydrogens (tertiary/aromatic N) is 2. The average Bonchev–Trinajstić information content (AvgIpc) is 2.55. The van der Waals surface area contributed by atoms with Crippen LogP contribution in [0, 0.1) is 0 Å². The third kappa shape index (κ3) is 3.82. The van der Waals surface area contributed by atoms with Crippen molar-refractivity contribution in [2.75, 3.05) is 26.2 Å². The molecule has 1 saturated heterocycles. The van der Waals surface area contributed by atoms with Crippen LogP contribution in [0.3, 0.4) is 0 Å². The third-order valence-corrected chi connectivity index (χ3v) is 4.21. The Labute approximate surface area is 130 Å². The molecular formula is C17H19ClN2O. The molecule has 1 atom stereocenters. The number of hydrogen-bond acceptors (Lipinski definition) is 3. The van der Waals surface area contributed by atoms with Crippen molar-refractivity contribution < 1.29 is 4.74 Å². The van der Waals surface area contributed by atoms with Crippen LogP contribution < -0.4 is 0 Å². The van der Waals surface area contributed by atoms with E-state index in [1.807, 2.05) is 30.6 Å². The van der Waals surface area contributed by atoms with Crippen molar-refractivity contribution in [3.8, 4) is 0 Å². The molecule has 3 nitrogen and oxygen atoms in total. The van der Waals surface area contributed by atoms with E-state index in [0.717, 1.165) is 43.2 Å². The van der Waals surface area contributed by atoms with Crippen LogP contribution in [0.4, 0.5) is 0 Å². The first kappa shape index (κ1) is 14.5. The molecule has 4 heteroatoms. The summed E-state index contributed by atoms with van der Waals surface area (Å²) in [7, 11) is 0. The highest BCUT2D eigenvalue weighted by atomic mass is 35.5. The van der Waals surface area contributed by atoms with E-state index in [4.69, 9.17) is 16.3 Å². The van der Waals surface area contributed by atoms with Gasteiger partial charge in [-0.15, -0.1) is 0 Å². The molecule has 1 fully saturated rings. The predicted octanol–water partition coefficient (Wildman–Crippen LogP) is 3.35. The predicted molar refractivity (Wildman–Crippen MR) is 84.5 cm³/mol. The fourth-order valence-corrected chi connectivity index (χ4v) is 2.92. The molecule has 0 unspecified atom stereocenters. The summed E-state index contributed by atoms with van der Waals surface area (Å²) in [5.74, 6) is 0. The molecule has 1 aromatic heterocycles. The molecule has 0 spiro atoms. The van der Waals surface area contributed by atoms with E-state index in [-0.39, 0.29) is 6.10 Å². The van der Waals surface area contributed by atoms with E-state index < -0.39 is 0 Å². The number of aromatic nitrogens is 1. The van der Waals surface area contributed by atoms with Crippen LogP contribution in [0.2, 0.25) is 5.02 Å². The standard InChI is InChI=1S/C17H19ClN2O/c18-16-4-2-1-3-15(16)17-13-20(11-12-21-17)10-7-14-5-8-19-9-6-14/h1-6,8-9,17H,7,10-13H2/t17-/m0/s1. The highest BCUT2D eigenvalue weighted by molar-refractivity contribution is 6.31. The van der Waals surface area contributed by atoms with Crippen molar-refractivity contribution in [2.24, 2.45) is 0 Å². The minimum atomic E-state index is 0.0740. The summed E-state index contributed by atoms with van der Waals surface area (Å²) in [4.78, 5) is 6.50. The molecule has 1 aliphatic heterocycles. The Morgan fingerprint density at radius 1 is 1.19 bits per heavy atom. The van der Waals surface area contributed by atoms with E-state index in [0.29, 0.717) is 0 Å². The number of benzene rings is 1. The van der Waals surface area contributed by atoms with Gasteiger partial charge < -0.3 is 4.74 Å². The minimum absolute atomic E-state index is 0.0740. The van der Waals surface area contributed by atoms with Gasteiger partial charge in [-0.05, 0) is 30.2 Å². The van der Waals surface area contributed by atoms with Crippen LogP contribution in [0.25, 0.3) is 0 Å². The molecule has 2 aromatic rings. The first-order valence-electron chi connectivity index (χ1n) is 7.30. The zero-order valence-corrected chi connectivity index (χ0v) is 12.7. The second kappa shape index (κ2) is 7.03. The van der Waals surface area contributed by atoms with Gasteiger partial charge in [0.15, 0.2) is 0 Å². The van der Waals surface area contributed by atoms with Gasteiger partial charge in [-0.25, -0.2) is 0 Å². The summed E-state index contributed by atoms with van der Waals surface area (Å²) in [5.41, 5.74) is 2.42. The number of halogens is 1. The van der Waals surface area contributed by atoms with Gasteiger partial charge in [-0.1, -0.05) is 29.8 Å². The lowest BCUT2D eigenvalue weighted by atomic mass is 10.1. The molecule has 2 heterocycles. The SMILES string of the molecule is Clc1ccccc1[C@@H]1CN(CCc2ccncc2)CCO1. The quantitative estimate of drug-likeness (QED) is 0.866. The first-order chi connectivity index (χ1) is 10.3. The fourth-order valence-electron chi connectivity index (χ4n) is 2.67. The van der Waals surface area contributed by atoms with E-state index in [1.54, 1.807) is 0 Å². The number of ether oxygens (including phenoxy) is 1. The Hall–Kier alpha value is -1.42. The summed E-state index contributed by atoms with van der Waals surface area (Å²) in [5, 5.41) is 0.790. The van der Waals surface area contributed by atoms with Crippen LogP contribution in [-0.2, 0) is 11.2 Å². The van der Waals surface area contributed by atoms with Gasteiger partial charge in [0.05, 0.1) is 12.7 Å². The van der Waals surface area contributed by atoms with Crippen LogP contribution in [0.1, 0.15) is 17.2 Å². The van der Waals surface area contributed by atoms with E-state index in [1.165, 1.54) is 5.56 Å². The molecular weight excluding hydrogens is 284 g/mol.